The molecule has 0 amide bonds. The molecule has 12 heavy (non-hydrogen) atoms. The van der Waals surface area contributed by atoms with E-state index in [9.17, 15) is 4.79 Å². The monoisotopic (exact) mass is 170 g/mol. The first-order chi connectivity index (χ1) is 5.70. The van der Waals surface area contributed by atoms with E-state index in [0.717, 1.165) is 18.4 Å². The molecule has 0 saturated carbocycles. The summed E-state index contributed by atoms with van der Waals surface area (Å²) in [6, 6.07) is 0. The molecule has 0 aromatic rings. The molecule has 0 unspecified atom stereocenters. The van der Waals surface area contributed by atoms with Crippen LogP contribution in [0.3, 0.4) is 0 Å². The van der Waals surface area contributed by atoms with Gasteiger partial charge in [-0.25, -0.2) is 0 Å². The highest BCUT2D eigenvalue weighted by Crippen LogP contribution is 2.04. The molecule has 0 aromatic heterocycles. The number of unbranched alkanes of at least 4 members (excludes halogenated alkanes) is 1. The van der Waals surface area contributed by atoms with Gasteiger partial charge in [-0.1, -0.05) is 25.0 Å². The van der Waals surface area contributed by atoms with Gasteiger partial charge in [-0.3, -0.25) is 4.79 Å². The van der Waals surface area contributed by atoms with Crippen LogP contribution in [0.4, 0.5) is 0 Å². The molecule has 0 aliphatic heterocycles. The summed E-state index contributed by atoms with van der Waals surface area (Å²) in [7, 11) is 0. The van der Waals surface area contributed by atoms with Crippen LogP contribution in [0.25, 0.3) is 0 Å². The molecule has 0 N–H and O–H groups in total. The summed E-state index contributed by atoms with van der Waals surface area (Å²) in [5, 5.41) is 0. The van der Waals surface area contributed by atoms with Crippen molar-refractivity contribution in [2.45, 2.75) is 40.0 Å². The van der Waals surface area contributed by atoms with Gasteiger partial charge in [0, 0.05) is 0 Å². The SMILES string of the molecule is CCC/C=C(\C)CC(=O)OCC. The summed E-state index contributed by atoms with van der Waals surface area (Å²) >= 11 is 0. The molecular formula is C10H18O2. The molecule has 0 bridgehead atoms. The summed E-state index contributed by atoms with van der Waals surface area (Å²) in [6.45, 7) is 6.38. The quantitative estimate of drug-likeness (QED) is 0.468. The summed E-state index contributed by atoms with van der Waals surface area (Å²) in [4.78, 5) is 11.0. The Kier molecular flexibility index (Phi) is 6.44. The van der Waals surface area contributed by atoms with E-state index in [4.69, 9.17) is 4.74 Å². The van der Waals surface area contributed by atoms with Gasteiger partial charge >= 0.3 is 5.97 Å². The van der Waals surface area contributed by atoms with Crippen molar-refractivity contribution < 1.29 is 9.53 Å². The summed E-state index contributed by atoms with van der Waals surface area (Å²) in [5.41, 5.74) is 1.11. The summed E-state index contributed by atoms with van der Waals surface area (Å²) in [5.74, 6) is -0.123. The minimum absolute atomic E-state index is 0.123. The molecule has 0 atom stereocenters. The minimum Gasteiger partial charge on any atom is -0.466 e. The number of carbonyl (C=O) groups is 1. The van der Waals surface area contributed by atoms with Crippen LogP contribution < -0.4 is 0 Å². The van der Waals surface area contributed by atoms with Gasteiger partial charge in [0.05, 0.1) is 13.0 Å². The second kappa shape index (κ2) is 6.89. The Hall–Kier alpha value is -0.790. The van der Waals surface area contributed by atoms with Crippen molar-refractivity contribution in [3.05, 3.63) is 11.6 Å². The van der Waals surface area contributed by atoms with Crippen LogP contribution in [0.2, 0.25) is 0 Å². The van der Waals surface area contributed by atoms with Crippen molar-refractivity contribution in [1.29, 1.82) is 0 Å². The third-order valence-electron chi connectivity index (χ3n) is 1.51. The number of hydrogen-bond donors (Lipinski definition) is 0. The Balaban J connectivity index is 3.67. The second-order valence-corrected chi connectivity index (χ2v) is 2.82. The average Bonchev–Trinajstić information content (AvgIpc) is 2.01. The van der Waals surface area contributed by atoms with Crippen LogP contribution in [0.5, 0.6) is 0 Å². The second-order valence-electron chi connectivity index (χ2n) is 2.82. The maximum Gasteiger partial charge on any atom is 0.309 e. The predicted molar refractivity (Wildman–Crippen MR) is 49.9 cm³/mol. The number of allylic oxidation sites excluding steroid dienone is 1. The number of esters is 1. The van der Waals surface area contributed by atoms with Crippen LogP contribution in [0.1, 0.15) is 40.0 Å². The van der Waals surface area contributed by atoms with Crippen molar-refractivity contribution in [3.8, 4) is 0 Å². The minimum atomic E-state index is -0.123. The predicted octanol–water partition coefficient (Wildman–Crippen LogP) is 2.69. The van der Waals surface area contributed by atoms with E-state index in [1.165, 1.54) is 0 Å². The van der Waals surface area contributed by atoms with Crippen LogP contribution in [-0.4, -0.2) is 12.6 Å². The molecule has 0 rings (SSSR count). The third-order valence-corrected chi connectivity index (χ3v) is 1.51. The van der Waals surface area contributed by atoms with Crippen molar-refractivity contribution in [2.75, 3.05) is 6.61 Å². The molecule has 0 aromatic carbocycles. The van der Waals surface area contributed by atoms with E-state index in [1.807, 2.05) is 13.8 Å². The summed E-state index contributed by atoms with van der Waals surface area (Å²) in [6.07, 6.45) is 4.70. The van der Waals surface area contributed by atoms with Crippen LogP contribution in [0, 0.1) is 0 Å². The van der Waals surface area contributed by atoms with Crippen LogP contribution in [0.15, 0.2) is 11.6 Å². The van der Waals surface area contributed by atoms with Crippen molar-refractivity contribution >= 4 is 5.97 Å². The molecule has 2 heteroatoms. The van der Waals surface area contributed by atoms with Crippen LogP contribution in [-0.2, 0) is 9.53 Å². The summed E-state index contributed by atoms with van der Waals surface area (Å²) < 4.78 is 4.81. The lowest BCUT2D eigenvalue weighted by Gasteiger charge is -2.01. The number of hydrogen-bond acceptors (Lipinski definition) is 2. The Morgan fingerprint density at radius 3 is 2.58 bits per heavy atom. The lowest BCUT2D eigenvalue weighted by molar-refractivity contribution is -0.142. The van der Waals surface area contributed by atoms with Gasteiger partial charge in [0.15, 0.2) is 0 Å². The molecule has 0 saturated heterocycles. The highest BCUT2D eigenvalue weighted by molar-refractivity contribution is 5.72. The van der Waals surface area contributed by atoms with E-state index in [-0.39, 0.29) is 5.97 Å². The number of carbonyl (C=O) groups excluding carboxylic acids is 1. The van der Waals surface area contributed by atoms with Gasteiger partial charge in [0.25, 0.3) is 0 Å². The maximum absolute atomic E-state index is 11.0. The first kappa shape index (κ1) is 11.2. The Bertz CT molecular complexity index is 159. The van der Waals surface area contributed by atoms with Gasteiger partial charge < -0.3 is 4.74 Å². The normalized spacial score (nSPS) is 11.4. The van der Waals surface area contributed by atoms with Gasteiger partial charge in [-0.05, 0) is 20.3 Å². The highest BCUT2D eigenvalue weighted by Gasteiger charge is 2.01. The highest BCUT2D eigenvalue weighted by atomic mass is 16.5. The van der Waals surface area contributed by atoms with Gasteiger partial charge in [0.1, 0.15) is 0 Å². The first-order valence-corrected chi connectivity index (χ1v) is 4.52. The number of rotatable bonds is 5. The van der Waals surface area contributed by atoms with E-state index in [0.29, 0.717) is 13.0 Å². The van der Waals surface area contributed by atoms with Crippen molar-refractivity contribution in [1.82, 2.24) is 0 Å². The number of ether oxygens (including phenoxy) is 1. The largest absolute Gasteiger partial charge is 0.466 e. The molecule has 0 radical (unpaired) electrons. The Morgan fingerprint density at radius 2 is 2.08 bits per heavy atom. The topological polar surface area (TPSA) is 26.3 Å². The standard InChI is InChI=1S/C10H18O2/c1-4-6-7-9(3)8-10(11)12-5-2/h7H,4-6,8H2,1-3H3/b9-7+. The molecule has 2 nitrogen and oxygen atoms in total. The Morgan fingerprint density at radius 1 is 1.42 bits per heavy atom. The third kappa shape index (κ3) is 5.96. The lowest BCUT2D eigenvalue weighted by Crippen LogP contribution is -2.03. The van der Waals surface area contributed by atoms with E-state index < -0.39 is 0 Å². The average molecular weight is 170 g/mol. The van der Waals surface area contributed by atoms with E-state index in [1.54, 1.807) is 0 Å². The fourth-order valence-electron chi connectivity index (χ4n) is 0.903. The van der Waals surface area contributed by atoms with Gasteiger partial charge in [0.2, 0.25) is 0 Å². The Labute approximate surface area is 74.6 Å². The lowest BCUT2D eigenvalue weighted by atomic mass is 10.1. The zero-order valence-corrected chi connectivity index (χ0v) is 8.22. The van der Waals surface area contributed by atoms with E-state index >= 15 is 0 Å². The van der Waals surface area contributed by atoms with Crippen molar-refractivity contribution in [2.24, 2.45) is 0 Å². The molecule has 0 aliphatic rings. The molecule has 0 heterocycles. The van der Waals surface area contributed by atoms with Gasteiger partial charge in [-0.2, -0.15) is 0 Å². The fraction of sp³-hybridized carbons (Fsp3) is 0.700. The van der Waals surface area contributed by atoms with Gasteiger partial charge in [-0.15, -0.1) is 0 Å². The fourth-order valence-corrected chi connectivity index (χ4v) is 0.903. The van der Waals surface area contributed by atoms with Crippen LogP contribution >= 0.6 is 0 Å². The zero-order valence-electron chi connectivity index (χ0n) is 8.22. The zero-order chi connectivity index (χ0) is 9.40. The van der Waals surface area contributed by atoms with Crippen molar-refractivity contribution in [3.63, 3.8) is 0 Å². The molecular weight excluding hydrogens is 152 g/mol. The molecule has 0 fully saturated rings. The van der Waals surface area contributed by atoms with E-state index in [2.05, 4.69) is 13.0 Å². The first-order valence-electron chi connectivity index (χ1n) is 4.52. The smallest absolute Gasteiger partial charge is 0.309 e. The molecule has 0 aliphatic carbocycles. The molecule has 0 spiro atoms. The molecule has 70 valence electrons. The maximum atomic E-state index is 11.0.